The number of fused-ring (bicyclic) bond motifs is 18. The smallest absolute Gasteiger partial charge is 0.143 e. The maximum Gasteiger partial charge on any atom is 0.143 e. The van der Waals surface area contributed by atoms with E-state index in [1.807, 2.05) is 84.9 Å². The van der Waals surface area contributed by atoms with E-state index in [2.05, 4.69) is 357 Å². The molecule has 0 aliphatic rings. The Kier molecular flexibility index (Phi) is 20.5. The Morgan fingerprint density at radius 3 is 0.992 bits per heavy atom. The average Bonchev–Trinajstić information content (AvgIpc) is 1.60. The largest absolute Gasteiger partial charge is 0.456 e. The van der Waals surface area contributed by atoms with Crippen molar-refractivity contribution < 1.29 is 26.5 Å². The fraction of sp³-hybridized carbons (Fsp3) is 0.0526. The van der Waals surface area contributed by atoms with Crippen LogP contribution in [0.25, 0.3) is 198 Å². The van der Waals surface area contributed by atoms with E-state index in [1.165, 1.54) is 148 Å². The van der Waals surface area contributed by atoms with Crippen LogP contribution in [0.1, 0.15) is 33.4 Å². The molecule has 120 heavy (non-hydrogen) atoms. The Bertz CT molecular complexity index is 7850. The molecule has 18 aromatic carbocycles. The first-order valence-corrected chi connectivity index (χ1v) is 40.8. The Hall–Kier alpha value is -15.2. The van der Waals surface area contributed by atoms with Gasteiger partial charge in [-0.3, -0.25) is 0 Å². The summed E-state index contributed by atoms with van der Waals surface area (Å²) < 4.78 is 36.3. The lowest BCUT2D eigenvalue weighted by Gasteiger charge is -2.06. The van der Waals surface area contributed by atoms with Crippen molar-refractivity contribution in [3.8, 4) is 66.8 Å². The van der Waals surface area contributed by atoms with Gasteiger partial charge in [-0.15, -0.1) is 0 Å². The van der Waals surface area contributed by atoms with Crippen molar-refractivity contribution in [1.82, 2.24) is 0 Å². The molecule has 24 aromatic rings. The molecule has 0 aliphatic carbocycles. The van der Waals surface area contributed by atoms with Gasteiger partial charge in [-0.1, -0.05) is 375 Å². The van der Waals surface area contributed by atoms with Gasteiger partial charge in [0.15, 0.2) is 0 Å². The van der Waals surface area contributed by atoms with E-state index in [0.29, 0.717) is 0 Å². The molecule has 0 fully saturated rings. The fourth-order valence-electron chi connectivity index (χ4n) is 16.8. The third-order valence-electron chi connectivity index (χ3n) is 22.7. The summed E-state index contributed by atoms with van der Waals surface area (Å²) in [5, 5.41) is 14.3. The summed E-state index contributed by atoms with van der Waals surface area (Å²) in [6, 6.07) is 138. The van der Waals surface area contributed by atoms with Gasteiger partial charge < -0.3 is 26.5 Å². The third kappa shape index (κ3) is 14.6. The quantitative estimate of drug-likeness (QED) is 0.165. The molecule has 0 N–H and O–H groups in total. The Labute approximate surface area is 695 Å². The summed E-state index contributed by atoms with van der Waals surface area (Å²) in [6.45, 7) is 12.7. The number of para-hydroxylation sites is 9. The lowest BCUT2D eigenvalue weighted by molar-refractivity contribution is 0.665. The lowest BCUT2D eigenvalue weighted by atomic mass is 9.98. The maximum absolute atomic E-state index is 6.17. The van der Waals surface area contributed by atoms with Gasteiger partial charge in [-0.2, -0.15) is 0 Å². The van der Waals surface area contributed by atoms with Crippen molar-refractivity contribution in [2.75, 3.05) is 0 Å². The Morgan fingerprint density at radius 1 is 0.142 bits per heavy atom. The SMILES string of the molecule is Cc1ccc(-c2cccc3oc4ccccc4c23)cc1.Cc1ccc(-c2ccccc2)c2c1oc1ccccc12.Cc1cccc(-c2cccc3c2oc2ccccc23)c1.Cc1cccc(-c2cccc3oc4ccccc4c23)c1.Cc1cccc2c1oc1c(-c3ccccc3)cccc12.Cc1ccccc1-c1cccc2c1oc1ccccc12. The number of furan rings is 6. The zero-order valence-corrected chi connectivity index (χ0v) is 67.6. The van der Waals surface area contributed by atoms with Gasteiger partial charge in [0.2, 0.25) is 0 Å². The summed E-state index contributed by atoms with van der Waals surface area (Å²) in [5.41, 5.74) is 33.5. The lowest BCUT2D eigenvalue weighted by Crippen LogP contribution is -1.82. The predicted molar refractivity (Wildman–Crippen MR) is 503 cm³/mol. The first-order chi connectivity index (χ1) is 59.0. The molecule has 6 aromatic heterocycles. The van der Waals surface area contributed by atoms with Crippen LogP contribution in [0, 0.1) is 41.5 Å². The Morgan fingerprint density at radius 2 is 0.450 bits per heavy atom. The van der Waals surface area contributed by atoms with Gasteiger partial charge in [-0.05, 0) is 151 Å². The van der Waals surface area contributed by atoms with Crippen LogP contribution in [-0.4, -0.2) is 0 Å². The normalized spacial score (nSPS) is 11.2. The highest BCUT2D eigenvalue weighted by molar-refractivity contribution is 6.17. The number of hydrogen-bond acceptors (Lipinski definition) is 6. The highest BCUT2D eigenvalue weighted by Gasteiger charge is 2.20. The molecule has 0 spiro atoms. The van der Waals surface area contributed by atoms with Gasteiger partial charge in [0.05, 0.1) is 0 Å². The highest BCUT2D eigenvalue weighted by atomic mass is 16.3. The van der Waals surface area contributed by atoms with E-state index >= 15 is 0 Å². The van der Waals surface area contributed by atoms with E-state index in [4.69, 9.17) is 26.5 Å². The van der Waals surface area contributed by atoms with Crippen molar-refractivity contribution in [3.05, 3.63) is 434 Å². The van der Waals surface area contributed by atoms with Crippen molar-refractivity contribution in [2.24, 2.45) is 0 Å². The van der Waals surface area contributed by atoms with Crippen LogP contribution in [0.3, 0.4) is 0 Å². The molecule has 0 saturated carbocycles. The molecule has 6 heteroatoms. The van der Waals surface area contributed by atoms with Crippen molar-refractivity contribution in [2.45, 2.75) is 41.5 Å². The van der Waals surface area contributed by atoms with Crippen LogP contribution in [0.5, 0.6) is 0 Å². The first-order valence-electron chi connectivity index (χ1n) is 40.8. The molecule has 0 amide bonds. The predicted octanol–water partition coefficient (Wildman–Crippen LogP) is 33.4. The highest BCUT2D eigenvalue weighted by Crippen LogP contribution is 2.44. The van der Waals surface area contributed by atoms with Crippen LogP contribution in [-0.2, 0) is 0 Å². The standard InChI is InChI=1S/6C19H14O/c1-13-6-4-7-14(12-13)15-9-5-10-17-16-8-2-3-11-18(16)20-19(15)17;1-13-6-4-7-14(12-13)15-9-5-11-18-19(15)16-8-2-3-10-17(16)20-18;1-13-7-2-3-8-14(13)16-10-6-11-17-15-9-4-5-12-18(15)20-19(16)17;1-13-9-11-14(12-10-13)15-6-4-8-18-19(15)16-5-2-3-7-17(16)20-18;1-13-7-5-11-16-17-12-6-10-15(19(17)20-18(13)16)14-8-3-2-4-9-14;1-13-11-12-15(14-7-3-2-4-8-14)18-16-9-5-6-10-17(16)20-19(13)18/h6*2-12H,1H3. The summed E-state index contributed by atoms with van der Waals surface area (Å²) >= 11 is 0. The zero-order chi connectivity index (χ0) is 81.2. The van der Waals surface area contributed by atoms with Crippen LogP contribution in [0.2, 0.25) is 0 Å². The van der Waals surface area contributed by atoms with E-state index in [0.717, 1.165) is 83.7 Å². The second kappa shape index (κ2) is 32.8. The second-order valence-corrected chi connectivity index (χ2v) is 30.7. The minimum Gasteiger partial charge on any atom is -0.456 e. The van der Waals surface area contributed by atoms with E-state index < -0.39 is 0 Å². The molecule has 0 aliphatic heterocycles. The monoisotopic (exact) mass is 1550 g/mol. The molecule has 0 radical (unpaired) electrons. The van der Waals surface area contributed by atoms with Crippen LogP contribution >= 0.6 is 0 Å². The molecule has 0 unspecified atom stereocenters. The minimum atomic E-state index is 0.946. The van der Waals surface area contributed by atoms with Gasteiger partial charge >= 0.3 is 0 Å². The molecule has 24 rings (SSSR count). The molecule has 0 atom stereocenters. The van der Waals surface area contributed by atoms with Crippen LogP contribution < -0.4 is 0 Å². The topological polar surface area (TPSA) is 78.8 Å². The summed E-state index contributed by atoms with van der Waals surface area (Å²) in [6.07, 6.45) is 0. The van der Waals surface area contributed by atoms with Crippen LogP contribution in [0.15, 0.2) is 427 Å². The van der Waals surface area contributed by atoms with Crippen LogP contribution in [0.4, 0.5) is 0 Å². The van der Waals surface area contributed by atoms with Gasteiger partial charge in [0.25, 0.3) is 0 Å². The van der Waals surface area contributed by atoms with Gasteiger partial charge in [0, 0.05) is 81.3 Å². The number of benzene rings is 18. The first kappa shape index (κ1) is 74.8. The van der Waals surface area contributed by atoms with E-state index in [-0.39, 0.29) is 0 Å². The number of rotatable bonds is 6. The third-order valence-corrected chi connectivity index (χ3v) is 22.7. The summed E-state index contributed by atoms with van der Waals surface area (Å²) in [5.74, 6) is 0. The molecular formula is C114H84O6. The average molecular weight is 1550 g/mol. The van der Waals surface area contributed by atoms with Gasteiger partial charge in [-0.25, -0.2) is 0 Å². The van der Waals surface area contributed by atoms with E-state index in [9.17, 15) is 0 Å². The fourth-order valence-corrected chi connectivity index (χ4v) is 16.8. The van der Waals surface area contributed by atoms with Gasteiger partial charge in [0.1, 0.15) is 67.0 Å². The van der Waals surface area contributed by atoms with Crippen molar-refractivity contribution in [3.63, 3.8) is 0 Å². The van der Waals surface area contributed by atoms with Crippen molar-refractivity contribution >= 4 is 132 Å². The summed E-state index contributed by atoms with van der Waals surface area (Å²) in [7, 11) is 0. The van der Waals surface area contributed by atoms with Crippen molar-refractivity contribution in [1.29, 1.82) is 0 Å². The van der Waals surface area contributed by atoms with E-state index in [1.54, 1.807) is 0 Å². The number of hydrogen-bond donors (Lipinski definition) is 0. The zero-order valence-electron chi connectivity index (χ0n) is 67.6. The molecular weight excluding hydrogens is 1470 g/mol. The minimum absolute atomic E-state index is 0.946. The number of aryl methyl sites for hydroxylation is 6. The second-order valence-electron chi connectivity index (χ2n) is 30.7. The molecule has 0 saturated heterocycles. The summed E-state index contributed by atoms with van der Waals surface area (Å²) in [4.78, 5) is 0. The maximum atomic E-state index is 6.17. The Balaban J connectivity index is 0.0000000952. The molecule has 6 heterocycles. The molecule has 0 bridgehead atoms. The molecule has 6 nitrogen and oxygen atoms in total. The molecule has 576 valence electrons.